The van der Waals surface area contributed by atoms with Crippen molar-refractivity contribution in [2.45, 2.75) is 31.5 Å². The van der Waals surface area contributed by atoms with Crippen molar-refractivity contribution in [3.8, 4) is 11.5 Å². The van der Waals surface area contributed by atoms with Crippen molar-refractivity contribution in [3.63, 3.8) is 0 Å². The lowest BCUT2D eigenvalue weighted by molar-refractivity contribution is 0.438. The minimum Gasteiger partial charge on any atom is -0.454 e. The van der Waals surface area contributed by atoms with Crippen LogP contribution in [-0.4, -0.2) is 0 Å². The molecule has 106 valence electrons. The van der Waals surface area contributed by atoms with Crippen LogP contribution in [0.15, 0.2) is 42.5 Å². The molecule has 0 aliphatic rings. The Labute approximate surface area is 127 Å². The maximum atomic E-state index is 13.8. The quantitative estimate of drug-likeness (QED) is 0.600. The summed E-state index contributed by atoms with van der Waals surface area (Å²) in [5, 5.41) is 0.564. The first-order valence-corrected chi connectivity index (χ1v) is 7.97. The van der Waals surface area contributed by atoms with Crippen LogP contribution in [0.1, 0.15) is 30.9 Å². The molecule has 0 bridgehead atoms. The second-order valence-electron chi connectivity index (χ2n) is 4.71. The van der Waals surface area contributed by atoms with E-state index in [0.717, 1.165) is 12.0 Å². The molecule has 0 aliphatic carbocycles. The first-order valence-electron chi connectivity index (χ1n) is 6.84. The van der Waals surface area contributed by atoms with Gasteiger partial charge in [0.05, 0.1) is 0 Å². The van der Waals surface area contributed by atoms with Gasteiger partial charge in [0.2, 0.25) is 0 Å². The van der Waals surface area contributed by atoms with Gasteiger partial charge in [0.15, 0.2) is 11.6 Å². The van der Waals surface area contributed by atoms with Crippen LogP contribution in [-0.2, 0) is 11.8 Å². The van der Waals surface area contributed by atoms with Crippen molar-refractivity contribution >= 4 is 15.9 Å². The fraction of sp³-hybridized carbons (Fsp3) is 0.294. The molecule has 2 aromatic carbocycles. The smallest absolute Gasteiger partial charge is 0.167 e. The summed E-state index contributed by atoms with van der Waals surface area (Å²) in [6.45, 7) is 2.18. The third kappa shape index (κ3) is 3.83. The highest BCUT2D eigenvalue weighted by Crippen LogP contribution is 2.30. The van der Waals surface area contributed by atoms with E-state index in [9.17, 15) is 4.39 Å². The molecule has 0 heterocycles. The summed E-state index contributed by atoms with van der Waals surface area (Å²) in [6.07, 6.45) is 3.44. The lowest BCUT2D eigenvalue weighted by Crippen LogP contribution is -1.93. The summed E-state index contributed by atoms with van der Waals surface area (Å²) in [5.74, 6) is 0.625. The van der Waals surface area contributed by atoms with E-state index in [-0.39, 0.29) is 5.82 Å². The molecule has 3 heteroatoms. The van der Waals surface area contributed by atoms with Crippen LogP contribution in [0.5, 0.6) is 11.5 Å². The Hall–Kier alpha value is -1.35. The van der Waals surface area contributed by atoms with Gasteiger partial charge < -0.3 is 4.74 Å². The van der Waals surface area contributed by atoms with E-state index in [1.165, 1.54) is 24.5 Å². The maximum Gasteiger partial charge on any atom is 0.167 e. The summed E-state index contributed by atoms with van der Waals surface area (Å²) in [4.78, 5) is 0. The third-order valence-electron chi connectivity index (χ3n) is 3.15. The monoisotopic (exact) mass is 336 g/mol. The number of aryl methyl sites for hydroxylation is 1. The van der Waals surface area contributed by atoms with Crippen LogP contribution >= 0.6 is 15.9 Å². The topological polar surface area (TPSA) is 9.23 Å². The molecule has 2 rings (SSSR count). The van der Waals surface area contributed by atoms with E-state index in [4.69, 9.17) is 4.74 Å². The zero-order valence-electron chi connectivity index (χ0n) is 11.5. The second kappa shape index (κ2) is 7.44. The van der Waals surface area contributed by atoms with Gasteiger partial charge in [0.25, 0.3) is 0 Å². The molecule has 0 atom stereocenters. The first kappa shape index (κ1) is 15.0. The van der Waals surface area contributed by atoms with Crippen molar-refractivity contribution in [1.29, 1.82) is 0 Å². The fourth-order valence-corrected chi connectivity index (χ4v) is 2.44. The maximum absolute atomic E-state index is 13.8. The number of halogens is 2. The largest absolute Gasteiger partial charge is 0.454 e. The van der Waals surface area contributed by atoms with E-state index in [2.05, 4.69) is 22.9 Å². The molecule has 0 N–H and O–H groups in total. The molecule has 0 radical (unpaired) electrons. The first-order chi connectivity index (χ1) is 9.74. The molecule has 0 amide bonds. The predicted molar refractivity (Wildman–Crippen MR) is 84.2 cm³/mol. The Morgan fingerprint density at radius 1 is 1.10 bits per heavy atom. The average Bonchev–Trinajstić information content (AvgIpc) is 2.48. The van der Waals surface area contributed by atoms with Gasteiger partial charge in [-0.15, -0.1) is 0 Å². The second-order valence-corrected chi connectivity index (χ2v) is 5.27. The molecule has 0 unspecified atom stereocenters. The van der Waals surface area contributed by atoms with Gasteiger partial charge in [-0.25, -0.2) is 4.39 Å². The van der Waals surface area contributed by atoms with Crippen molar-refractivity contribution in [1.82, 2.24) is 0 Å². The zero-order valence-corrected chi connectivity index (χ0v) is 13.1. The molecular formula is C17H18BrFO. The normalized spacial score (nSPS) is 10.6. The highest BCUT2D eigenvalue weighted by molar-refractivity contribution is 9.08. The minimum atomic E-state index is -0.336. The summed E-state index contributed by atoms with van der Waals surface area (Å²) in [5.41, 5.74) is 2.09. The lowest BCUT2D eigenvalue weighted by atomic mass is 10.1. The van der Waals surface area contributed by atoms with Gasteiger partial charge in [-0.05, 0) is 36.6 Å². The number of hydrogen-bond donors (Lipinski definition) is 0. The molecular weight excluding hydrogens is 319 g/mol. The SMILES string of the molecule is CCCCc1ccc(Oc2c(F)cccc2CBr)cc1. The number of rotatable bonds is 6. The van der Waals surface area contributed by atoms with Gasteiger partial charge in [0.1, 0.15) is 5.75 Å². The van der Waals surface area contributed by atoms with E-state index in [0.29, 0.717) is 16.8 Å². The molecule has 0 saturated heterocycles. The summed E-state index contributed by atoms with van der Waals surface area (Å²) in [6, 6.07) is 12.8. The van der Waals surface area contributed by atoms with Gasteiger partial charge in [-0.2, -0.15) is 0 Å². The Bertz CT molecular complexity index is 551. The average molecular weight is 337 g/mol. The number of benzene rings is 2. The van der Waals surface area contributed by atoms with Gasteiger partial charge in [-0.3, -0.25) is 0 Å². The standard InChI is InChI=1S/C17H18BrFO/c1-2-3-5-13-8-10-15(11-9-13)20-17-14(12-18)6-4-7-16(17)19/h4,6-11H,2-3,5,12H2,1H3. The number of ether oxygens (including phenoxy) is 1. The van der Waals surface area contributed by atoms with Gasteiger partial charge >= 0.3 is 0 Å². The van der Waals surface area contributed by atoms with E-state index in [1.54, 1.807) is 6.07 Å². The van der Waals surface area contributed by atoms with E-state index < -0.39 is 0 Å². The van der Waals surface area contributed by atoms with Crippen LogP contribution in [0.4, 0.5) is 4.39 Å². The molecule has 20 heavy (non-hydrogen) atoms. The summed E-state index contributed by atoms with van der Waals surface area (Å²) < 4.78 is 19.5. The Morgan fingerprint density at radius 3 is 2.50 bits per heavy atom. The van der Waals surface area contributed by atoms with Crippen LogP contribution in [0.25, 0.3) is 0 Å². The molecule has 0 aromatic heterocycles. The van der Waals surface area contributed by atoms with Crippen molar-refractivity contribution in [2.24, 2.45) is 0 Å². The Kier molecular flexibility index (Phi) is 5.60. The Balaban J connectivity index is 2.14. The van der Waals surface area contributed by atoms with E-state index >= 15 is 0 Å². The fourth-order valence-electron chi connectivity index (χ4n) is 2.00. The summed E-state index contributed by atoms with van der Waals surface area (Å²) >= 11 is 3.35. The molecule has 0 spiro atoms. The molecule has 0 aliphatic heterocycles. The van der Waals surface area contributed by atoms with E-state index in [1.807, 2.05) is 30.3 Å². The predicted octanol–water partition coefficient (Wildman–Crippen LogP) is 5.86. The van der Waals surface area contributed by atoms with Crippen molar-refractivity contribution in [3.05, 3.63) is 59.4 Å². The van der Waals surface area contributed by atoms with Crippen LogP contribution in [0.3, 0.4) is 0 Å². The highest BCUT2D eigenvalue weighted by atomic mass is 79.9. The third-order valence-corrected chi connectivity index (χ3v) is 3.76. The van der Waals surface area contributed by atoms with Gasteiger partial charge in [0, 0.05) is 10.9 Å². The lowest BCUT2D eigenvalue weighted by Gasteiger charge is -2.11. The number of hydrogen-bond acceptors (Lipinski definition) is 1. The summed E-state index contributed by atoms with van der Waals surface area (Å²) in [7, 11) is 0. The molecule has 1 nitrogen and oxygen atoms in total. The number of unbranched alkanes of at least 4 members (excludes halogenated alkanes) is 1. The zero-order chi connectivity index (χ0) is 14.4. The van der Waals surface area contributed by atoms with Gasteiger partial charge in [-0.1, -0.05) is 53.5 Å². The van der Waals surface area contributed by atoms with Crippen LogP contribution in [0, 0.1) is 5.82 Å². The van der Waals surface area contributed by atoms with Crippen LogP contribution < -0.4 is 4.74 Å². The molecule has 0 saturated carbocycles. The molecule has 0 fully saturated rings. The number of para-hydroxylation sites is 1. The van der Waals surface area contributed by atoms with Crippen LogP contribution in [0.2, 0.25) is 0 Å². The van der Waals surface area contributed by atoms with Crippen molar-refractivity contribution < 1.29 is 9.13 Å². The molecule has 2 aromatic rings. The highest BCUT2D eigenvalue weighted by Gasteiger charge is 2.10. The minimum absolute atomic E-state index is 0.297. The Morgan fingerprint density at radius 2 is 1.85 bits per heavy atom. The number of alkyl halides is 1. The van der Waals surface area contributed by atoms with Crippen molar-refractivity contribution in [2.75, 3.05) is 0 Å².